The summed E-state index contributed by atoms with van der Waals surface area (Å²) in [4.78, 5) is 40.9. The molecule has 2 unspecified atom stereocenters. The van der Waals surface area contributed by atoms with Crippen molar-refractivity contribution in [3.05, 3.63) is 30.3 Å². The molecule has 1 aromatic carbocycles. The third kappa shape index (κ3) is 1.92. The second-order valence-corrected chi connectivity index (χ2v) is 8.33. The first-order chi connectivity index (χ1) is 12.5. The molecule has 0 N–H and O–H groups in total. The SMILES string of the molecule is CC1CC2CCCC[C@@]23O[C@@H](C1=O)[C@@H]1C(=O)N(c2ccccc2)C(=O)[C@@H]13. The monoisotopic (exact) mass is 353 g/mol. The predicted molar refractivity (Wildman–Crippen MR) is 94.3 cm³/mol. The minimum absolute atomic E-state index is 0.00216. The number of benzene rings is 1. The number of carbonyl (C=O) groups is 3. The van der Waals surface area contributed by atoms with E-state index >= 15 is 0 Å². The number of ether oxygens (including phenoxy) is 1. The van der Waals surface area contributed by atoms with Gasteiger partial charge in [-0.25, -0.2) is 4.90 Å². The van der Waals surface area contributed by atoms with Crippen LogP contribution in [0, 0.1) is 23.7 Å². The third-order valence-electron chi connectivity index (χ3n) is 7.03. The van der Waals surface area contributed by atoms with Crippen LogP contribution in [0.15, 0.2) is 30.3 Å². The lowest BCUT2D eigenvalue weighted by Gasteiger charge is -2.43. The quantitative estimate of drug-likeness (QED) is 0.728. The van der Waals surface area contributed by atoms with E-state index in [0.29, 0.717) is 5.69 Å². The lowest BCUT2D eigenvalue weighted by atomic mass is 9.62. The highest BCUT2D eigenvalue weighted by molar-refractivity contribution is 6.24. The van der Waals surface area contributed by atoms with Gasteiger partial charge in [-0.05, 0) is 37.3 Å². The molecule has 1 aromatic rings. The fraction of sp³-hybridized carbons (Fsp3) is 0.571. The molecular formula is C21H23NO4. The minimum atomic E-state index is -0.761. The molecule has 5 rings (SSSR count). The third-order valence-corrected chi connectivity index (χ3v) is 7.03. The Labute approximate surface area is 152 Å². The van der Waals surface area contributed by atoms with E-state index in [9.17, 15) is 14.4 Å². The number of carbonyl (C=O) groups excluding carboxylic acids is 3. The van der Waals surface area contributed by atoms with Gasteiger partial charge in [0.15, 0.2) is 5.78 Å². The van der Waals surface area contributed by atoms with Gasteiger partial charge in [0.25, 0.3) is 0 Å². The summed E-state index contributed by atoms with van der Waals surface area (Å²) in [6, 6.07) is 9.06. The van der Waals surface area contributed by atoms with Gasteiger partial charge < -0.3 is 4.74 Å². The molecule has 2 bridgehead atoms. The van der Waals surface area contributed by atoms with Gasteiger partial charge in [0, 0.05) is 5.92 Å². The Hall–Kier alpha value is -2.01. The molecule has 3 heterocycles. The van der Waals surface area contributed by atoms with Gasteiger partial charge >= 0.3 is 0 Å². The summed E-state index contributed by atoms with van der Waals surface area (Å²) in [6.45, 7) is 1.94. The van der Waals surface area contributed by atoms with Crippen LogP contribution in [-0.4, -0.2) is 29.3 Å². The van der Waals surface area contributed by atoms with Crippen LogP contribution >= 0.6 is 0 Å². The number of rotatable bonds is 1. The van der Waals surface area contributed by atoms with Crippen molar-refractivity contribution in [2.45, 2.75) is 50.7 Å². The number of hydrogen-bond acceptors (Lipinski definition) is 4. The van der Waals surface area contributed by atoms with E-state index in [1.165, 1.54) is 4.90 Å². The fourth-order valence-corrected chi connectivity index (χ4v) is 5.91. The molecular weight excluding hydrogens is 330 g/mol. The van der Waals surface area contributed by atoms with Crippen LogP contribution in [0.5, 0.6) is 0 Å². The van der Waals surface area contributed by atoms with Crippen molar-refractivity contribution in [3.8, 4) is 0 Å². The summed E-state index contributed by atoms with van der Waals surface area (Å²) in [6.07, 6.45) is 3.84. The molecule has 26 heavy (non-hydrogen) atoms. The highest BCUT2D eigenvalue weighted by Crippen LogP contribution is 2.59. The Kier molecular flexibility index (Phi) is 3.42. The van der Waals surface area contributed by atoms with Gasteiger partial charge in [0.05, 0.1) is 23.1 Å². The van der Waals surface area contributed by atoms with Gasteiger partial charge in [-0.3, -0.25) is 14.4 Å². The summed E-state index contributed by atoms with van der Waals surface area (Å²) in [5.41, 5.74) is -0.0394. The predicted octanol–water partition coefficient (Wildman–Crippen LogP) is 2.73. The first-order valence-corrected chi connectivity index (χ1v) is 9.69. The highest BCUT2D eigenvalue weighted by atomic mass is 16.5. The Morgan fingerprint density at radius 2 is 1.85 bits per heavy atom. The number of amides is 2. The van der Waals surface area contributed by atoms with Crippen LogP contribution in [0.1, 0.15) is 39.0 Å². The molecule has 1 saturated carbocycles. The average Bonchev–Trinajstić information content (AvgIpc) is 3.08. The standard InChI is InChI=1S/C21H23NO4/c1-12-11-13-7-5-6-10-21(13)16-15(18(26-21)17(12)23)19(24)22(20(16)25)14-8-3-2-4-9-14/h2-4,8-9,12-13,15-16,18H,5-7,10-11H2,1H3/t12?,13?,15-,16-,18-,21-/m1/s1. The molecule has 4 aliphatic rings. The molecule has 6 atom stereocenters. The number of para-hydroxylation sites is 1. The van der Waals surface area contributed by atoms with Gasteiger partial charge in [-0.1, -0.05) is 38.0 Å². The first kappa shape index (κ1) is 16.2. The molecule has 3 aliphatic heterocycles. The minimum Gasteiger partial charge on any atom is -0.362 e. The number of Topliss-reactive ketones (excluding diaryl/α,β-unsaturated/α-hetero) is 1. The summed E-state index contributed by atoms with van der Waals surface area (Å²) < 4.78 is 6.37. The zero-order valence-electron chi connectivity index (χ0n) is 14.9. The summed E-state index contributed by atoms with van der Waals surface area (Å²) in [7, 11) is 0. The van der Waals surface area contributed by atoms with Crippen LogP contribution in [0.25, 0.3) is 0 Å². The van der Waals surface area contributed by atoms with E-state index < -0.39 is 23.5 Å². The second kappa shape index (κ2) is 5.49. The number of imide groups is 1. The number of hydrogen-bond donors (Lipinski definition) is 0. The van der Waals surface area contributed by atoms with Crippen molar-refractivity contribution in [2.24, 2.45) is 23.7 Å². The van der Waals surface area contributed by atoms with E-state index in [4.69, 9.17) is 4.74 Å². The molecule has 5 heteroatoms. The zero-order valence-corrected chi connectivity index (χ0v) is 14.9. The van der Waals surface area contributed by atoms with E-state index in [-0.39, 0.29) is 29.4 Å². The van der Waals surface area contributed by atoms with Gasteiger partial charge in [0.2, 0.25) is 11.8 Å². The maximum atomic E-state index is 13.4. The molecule has 1 spiro atoms. The summed E-state index contributed by atoms with van der Waals surface area (Å²) in [5, 5.41) is 0. The van der Waals surface area contributed by atoms with Crippen LogP contribution in [0.2, 0.25) is 0 Å². The normalized spacial score (nSPS) is 41.8. The Balaban J connectivity index is 1.64. The second-order valence-electron chi connectivity index (χ2n) is 8.33. The lowest BCUT2D eigenvalue weighted by Crippen LogP contribution is -2.50. The molecule has 3 saturated heterocycles. The van der Waals surface area contributed by atoms with Gasteiger partial charge in [0.1, 0.15) is 6.10 Å². The molecule has 2 amide bonds. The summed E-state index contributed by atoms with van der Waals surface area (Å²) in [5.74, 6) is -1.53. The first-order valence-electron chi connectivity index (χ1n) is 9.69. The van der Waals surface area contributed by atoms with Crippen molar-refractivity contribution in [1.29, 1.82) is 0 Å². The highest BCUT2D eigenvalue weighted by Gasteiger charge is 2.71. The molecule has 5 nitrogen and oxygen atoms in total. The van der Waals surface area contributed by atoms with Crippen molar-refractivity contribution in [3.63, 3.8) is 0 Å². The molecule has 0 radical (unpaired) electrons. The molecule has 0 aromatic heterocycles. The molecule has 1 aliphatic carbocycles. The van der Waals surface area contributed by atoms with Crippen molar-refractivity contribution >= 4 is 23.3 Å². The fourth-order valence-electron chi connectivity index (χ4n) is 5.91. The van der Waals surface area contributed by atoms with E-state index in [1.54, 1.807) is 12.1 Å². The van der Waals surface area contributed by atoms with Gasteiger partial charge in [-0.15, -0.1) is 0 Å². The maximum absolute atomic E-state index is 13.4. The van der Waals surface area contributed by atoms with E-state index in [0.717, 1.165) is 32.1 Å². The number of anilines is 1. The Bertz CT molecular complexity index is 790. The molecule has 4 fully saturated rings. The van der Waals surface area contributed by atoms with Crippen LogP contribution < -0.4 is 4.90 Å². The largest absolute Gasteiger partial charge is 0.362 e. The number of ketones is 1. The lowest BCUT2D eigenvalue weighted by molar-refractivity contribution is -0.149. The Morgan fingerprint density at radius 3 is 2.62 bits per heavy atom. The van der Waals surface area contributed by atoms with Crippen molar-refractivity contribution in [2.75, 3.05) is 4.90 Å². The van der Waals surface area contributed by atoms with Crippen LogP contribution in [0.4, 0.5) is 5.69 Å². The van der Waals surface area contributed by atoms with E-state index in [2.05, 4.69) is 0 Å². The van der Waals surface area contributed by atoms with Crippen LogP contribution in [0.3, 0.4) is 0 Å². The Morgan fingerprint density at radius 1 is 1.08 bits per heavy atom. The zero-order chi connectivity index (χ0) is 18.1. The molecule has 136 valence electrons. The average molecular weight is 353 g/mol. The van der Waals surface area contributed by atoms with Gasteiger partial charge in [-0.2, -0.15) is 0 Å². The van der Waals surface area contributed by atoms with Crippen molar-refractivity contribution < 1.29 is 19.1 Å². The smallest absolute Gasteiger partial charge is 0.240 e. The van der Waals surface area contributed by atoms with Crippen molar-refractivity contribution in [1.82, 2.24) is 0 Å². The summed E-state index contributed by atoms with van der Waals surface area (Å²) >= 11 is 0. The number of fused-ring (bicyclic) bond motifs is 3. The van der Waals surface area contributed by atoms with E-state index in [1.807, 2.05) is 25.1 Å². The topological polar surface area (TPSA) is 63.7 Å². The maximum Gasteiger partial charge on any atom is 0.240 e. The van der Waals surface area contributed by atoms with Crippen LogP contribution in [-0.2, 0) is 19.1 Å². The number of nitrogens with zero attached hydrogens (tertiary/aromatic N) is 1.